The van der Waals surface area contributed by atoms with Gasteiger partial charge in [0.25, 0.3) is 0 Å². The van der Waals surface area contributed by atoms with Gasteiger partial charge in [0.2, 0.25) is 5.91 Å². The van der Waals surface area contributed by atoms with Crippen molar-refractivity contribution < 1.29 is 19.4 Å². The quantitative estimate of drug-likeness (QED) is 0.894. The van der Waals surface area contributed by atoms with Crippen molar-refractivity contribution in [2.45, 2.75) is 25.8 Å². The van der Waals surface area contributed by atoms with E-state index in [1.54, 1.807) is 24.1 Å². The highest BCUT2D eigenvalue weighted by Gasteiger charge is 2.44. The molecule has 0 bridgehead atoms. The van der Waals surface area contributed by atoms with E-state index in [-0.39, 0.29) is 18.4 Å². The monoisotopic (exact) mass is 277 g/mol. The molecule has 0 radical (unpaired) electrons. The van der Waals surface area contributed by atoms with Crippen LogP contribution in [0.4, 0.5) is 0 Å². The smallest absolute Gasteiger partial charge is 0.309 e. The van der Waals surface area contributed by atoms with Gasteiger partial charge in [-0.3, -0.25) is 9.59 Å². The Morgan fingerprint density at radius 1 is 1.40 bits per heavy atom. The lowest BCUT2D eigenvalue weighted by Crippen LogP contribution is -2.31. The first-order valence-corrected chi connectivity index (χ1v) is 6.74. The van der Waals surface area contributed by atoms with Gasteiger partial charge in [-0.1, -0.05) is 19.1 Å². The average molecular weight is 277 g/mol. The Bertz CT molecular complexity index is 497. The van der Waals surface area contributed by atoms with Crippen LogP contribution in [0.2, 0.25) is 0 Å². The third-order valence-corrected chi connectivity index (χ3v) is 3.67. The Morgan fingerprint density at radius 2 is 2.05 bits per heavy atom. The highest BCUT2D eigenvalue weighted by Crippen LogP contribution is 2.38. The fourth-order valence-electron chi connectivity index (χ4n) is 2.73. The van der Waals surface area contributed by atoms with Crippen LogP contribution in [0.3, 0.4) is 0 Å². The third kappa shape index (κ3) is 2.61. The van der Waals surface area contributed by atoms with Crippen molar-refractivity contribution in [2.75, 3.05) is 13.7 Å². The zero-order valence-corrected chi connectivity index (χ0v) is 11.7. The lowest BCUT2D eigenvalue weighted by Gasteiger charge is -2.27. The molecule has 1 fully saturated rings. The van der Waals surface area contributed by atoms with Crippen molar-refractivity contribution in [1.29, 1.82) is 0 Å². The van der Waals surface area contributed by atoms with Crippen molar-refractivity contribution in [3.63, 3.8) is 0 Å². The van der Waals surface area contributed by atoms with E-state index in [0.29, 0.717) is 12.3 Å². The fourth-order valence-corrected chi connectivity index (χ4v) is 2.73. The highest BCUT2D eigenvalue weighted by atomic mass is 16.5. The van der Waals surface area contributed by atoms with E-state index in [9.17, 15) is 14.7 Å². The number of amides is 1. The number of aliphatic carboxylic acids is 1. The Hall–Kier alpha value is -2.04. The van der Waals surface area contributed by atoms with Crippen LogP contribution in [0.1, 0.15) is 31.4 Å². The van der Waals surface area contributed by atoms with E-state index in [1.165, 1.54) is 0 Å². The number of rotatable bonds is 5. The van der Waals surface area contributed by atoms with Crippen LogP contribution in [0.25, 0.3) is 0 Å². The molecule has 2 atom stereocenters. The number of likely N-dealkylation sites (tertiary alicyclic amines) is 1. The molecule has 0 aliphatic carbocycles. The molecule has 5 heteroatoms. The maximum absolute atomic E-state index is 12.0. The van der Waals surface area contributed by atoms with Gasteiger partial charge in [-0.15, -0.1) is 0 Å². The summed E-state index contributed by atoms with van der Waals surface area (Å²) in [7, 11) is 1.58. The van der Waals surface area contributed by atoms with Gasteiger partial charge >= 0.3 is 5.97 Å². The van der Waals surface area contributed by atoms with E-state index in [4.69, 9.17) is 4.74 Å². The van der Waals surface area contributed by atoms with Crippen LogP contribution in [-0.4, -0.2) is 35.5 Å². The summed E-state index contributed by atoms with van der Waals surface area (Å²) in [6, 6.07) is 6.87. The summed E-state index contributed by atoms with van der Waals surface area (Å²) >= 11 is 0. The van der Waals surface area contributed by atoms with Crippen molar-refractivity contribution in [3.8, 4) is 5.75 Å². The van der Waals surface area contributed by atoms with Crippen molar-refractivity contribution in [2.24, 2.45) is 5.92 Å². The summed E-state index contributed by atoms with van der Waals surface area (Å²) in [4.78, 5) is 25.1. The number of benzene rings is 1. The second kappa shape index (κ2) is 5.94. The lowest BCUT2D eigenvalue weighted by molar-refractivity contribution is -0.142. The molecule has 0 saturated carbocycles. The molecule has 5 nitrogen and oxygen atoms in total. The lowest BCUT2D eigenvalue weighted by atomic mass is 9.93. The zero-order chi connectivity index (χ0) is 14.7. The molecule has 0 unspecified atom stereocenters. The molecule has 1 aliphatic rings. The average Bonchev–Trinajstić information content (AvgIpc) is 2.77. The molecule has 1 amide bonds. The number of nitrogens with zero attached hydrogens (tertiary/aromatic N) is 1. The number of methoxy groups -OCH3 is 1. The van der Waals surface area contributed by atoms with Crippen LogP contribution >= 0.6 is 0 Å². The first-order chi connectivity index (χ1) is 9.58. The molecule has 1 aromatic rings. The topological polar surface area (TPSA) is 66.8 Å². The van der Waals surface area contributed by atoms with Crippen LogP contribution < -0.4 is 4.74 Å². The van der Waals surface area contributed by atoms with Crippen LogP contribution in [0.15, 0.2) is 24.3 Å². The minimum atomic E-state index is -0.919. The number of carboxylic acids is 1. The SMILES string of the molecule is CCCN1C(=O)C[C@H](C(=O)O)[C@@H]1c1ccc(OC)cc1. The molecule has 1 heterocycles. The van der Waals surface area contributed by atoms with Gasteiger partial charge < -0.3 is 14.7 Å². The summed E-state index contributed by atoms with van der Waals surface area (Å²) in [5, 5.41) is 9.35. The number of carbonyl (C=O) groups is 2. The zero-order valence-electron chi connectivity index (χ0n) is 11.7. The van der Waals surface area contributed by atoms with Gasteiger partial charge in [-0.05, 0) is 24.1 Å². The first-order valence-electron chi connectivity index (χ1n) is 6.74. The molecule has 108 valence electrons. The third-order valence-electron chi connectivity index (χ3n) is 3.67. The molecular formula is C15H19NO4. The van der Waals surface area contributed by atoms with Gasteiger partial charge in [0, 0.05) is 13.0 Å². The molecule has 2 rings (SSSR count). The Morgan fingerprint density at radius 3 is 2.55 bits per heavy atom. The highest BCUT2D eigenvalue weighted by molar-refractivity contribution is 5.87. The van der Waals surface area contributed by atoms with Crippen molar-refractivity contribution in [3.05, 3.63) is 29.8 Å². The molecule has 1 aliphatic heterocycles. The molecule has 20 heavy (non-hydrogen) atoms. The van der Waals surface area contributed by atoms with Gasteiger partial charge in [-0.25, -0.2) is 0 Å². The molecule has 1 aromatic carbocycles. The second-order valence-corrected chi connectivity index (χ2v) is 4.95. The van der Waals surface area contributed by atoms with Gasteiger partial charge in [-0.2, -0.15) is 0 Å². The van der Waals surface area contributed by atoms with E-state index in [2.05, 4.69) is 0 Å². The number of hydrogen-bond donors (Lipinski definition) is 1. The Labute approximate surface area is 118 Å². The largest absolute Gasteiger partial charge is 0.497 e. The summed E-state index contributed by atoms with van der Waals surface area (Å²) in [6.07, 6.45) is 0.886. The minimum absolute atomic E-state index is 0.0754. The molecule has 0 aromatic heterocycles. The summed E-state index contributed by atoms with van der Waals surface area (Å²) in [5.74, 6) is -0.965. The maximum Gasteiger partial charge on any atom is 0.309 e. The summed E-state index contributed by atoms with van der Waals surface area (Å²) in [5.41, 5.74) is 0.845. The summed E-state index contributed by atoms with van der Waals surface area (Å²) in [6.45, 7) is 2.56. The van der Waals surface area contributed by atoms with Crippen molar-refractivity contribution >= 4 is 11.9 Å². The number of carboxylic acid groups (broad SMARTS) is 1. The normalized spacial score (nSPS) is 22.1. The van der Waals surface area contributed by atoms with Gasteiger partial charge in [0.1, 0.15) is 5.75 Å². The van der Waals surface area contributed by atoms with E-state index in [0.717, 1.165) is 12.0 Å². The van der Waals surface area contributed by atoms with Gasteiger partial charge in [0.15, 0.2) is 0 Å². The molecule has 1 N–H and O–H groups in total. The summed E-state index contributed by atoms with van der Waals surface area (Å²) < 4.78 is 5.10. The van der Waals surface area contributed by atoms with E-state index in [1.807, 2.05) is 19.1 Å². The van der Waals surface area contributed by atoms with E-state index >= 15 is 0 Å². The molecule has 1 saturated heterocycles. The molecular weight excluding hydrogens is 258 g/mol. The Balaban J connectivity index is 2.35. The van der Waals surface area contributed by atoms with Crippen LogP contribution in [0.5, 0.6) is 5.75 Å². The van der Waals surface area contributed by atoms with E-state index < -0.39 is 11.9 Å². The predicted octanol–water partition coefficient (Wildman–Crippen LogP) is 2.08. The first kappa shape index (κ1) is 14.4. The number of ether oxygens (including phenoxy) is 1. The van der Waals surface area contributed by atoms with Crippen LogP contribution in [0, 0.1) is 5.92 Å². The van der Waals surface area contributed by atoms with Crippen LogP contribution in [-0.2, 0) is 9.59 Å². The number of hydrogen-bond acceptors (Lipinski definition) is 3. The number of carbonyl (C=O) groups excluding carboxylic acids is 1. The molecule has 0 spiro atoms. The maximum atomic E-state index is 12.0. The standard InChI is InChI=1S/C15H19NO4/c1-3-8-16-13(17)9-12(15(18)19)14(16)10-4-6-11(20-2)7-5-10/h4-7,12,14H,3,8-9H2,1-2H3,(H,18,19)/t12-,14-/m0/s1. The van der Waals surface area contributed by atoms with Crippen molar-refractivity contribution in [1.82, 2.24) is 4.90 Å². The Kier molecular flexibility index (Phi) is 4.27. The second-order valence-electron chi connectivity index (χ2n) is 4.95. The van der Waals surface area contributed by atoms with Gasteiger partial charge in [0.05, 0.1) is 19.1 Å². The fraction of sp³-hybridized carbons (Fsp3) is 0.467. The predicted molar refractivity (Wildman–Crippen MR) is 73.5 cm³/mol. The minimum Gasteiger partial charge on any atom is -0.497 e.